The monoisotopic (exact) mass is 397 g/mol. The summed E-state index contributed by atoms with van der Waals surface area (Å²) in [6.07, 6.45) is 2.60. The first-order valence-electron chi connectivity index (χ1n) is 9.55. The molecule has 6 nitrogen and oxygen atoms in total. The summed E-state index contributed by atoms with van der Waals surface area (Å²) in [4.78, 5) is 23.2. The van der Waals surface area contributed by atoms with E-state index in [0.29, 0.717) is 41.8 Å². The van der Waals surface area contributed by atoms with Crippen LogP contribution in [0.5, 0.6) is 11.5 Å². The molecule has 0 saturated carbocycles. The molecule has 1 atom stereocenters. The summed E-state index contributed by atoms with van der Waals surface area (Å²) in [6.45, 7) is 1.79. The van der Waals surface area contributed by atoms with Gasteiger partial charge in [-0.3, -0.25) is 4.79 Å². The summed E-state index contributed by atoms with van der Waals surface area (Å²) >= 11 is 6.38. The van der Waals surface area contributed by atoms with Crippen molar-refractivity contribution in [3.05, 3.63) is 52.8 Å². The van der Waals surface area contributed by atoms with Gasteiger partial charge in [0.05, 0.1) is 35.3 Å². The molecular weight excluding hydrogens is 378 g/mol. The molecule has 0 radical (unpaired) electrons. The molecule has 28 heavy (non-hydrogen) atoms. The highest BCUT2D eigenvalue weighted by Crippen LogP contribution is 2.39. The Morgan fingerprint density at radius 2 is 2.04 bits per heavy atom. The highest BCUT2D eigenvalue weighted by atomic mass is 35.5. The lowest BCUT2D eigenvalue weighted by Crippen LogP contribution is -2.31. The number of aromatic nitrogens is 2. The van der Waals surface area contributed by atoms with Crippen molar-refractivity contribution in [2.45, 2.75) is 25.3 Å². The fraction of sp³-hybridized carbons (Fsp3) is 0.333. The standard InChI is InChI=1S/C21H20ClN3O3/c22-14-11-13(12-18-19(14)28-10-4-9-27-18)21(26)25-8-3-7-17(25)20-23-15-5-1-2-6-16(15)24-20/h1-2,5-6,11-12,17H,3-4,7-10H2,(H,23,24)/t17-/m1/s1. The Kier molecular flexibility index (Phi) is 4.36. The van der Waals surface area contributed by atoms with Gasteiger partial charge in [0.2, 0.25) is 0 Å². The van der Waals surface area contributed by atoms with Crippen LogP contribution in [-0.4, -0.2) is 40.5 Å². The van der Waals surface area contributed by atoms with Crippen LogP contribution in [0, 0.1) is 0 Å². The fourth-order valence-electron chi connectivity index (χ4n) is 3.94. The third-order valence-corrected chi connectivity index (χ3v) is 5.57. The number of nitrogens with one attached hydrogen (secondary N) is 1. The van der Waals surface area contributed by atoms with Crippen molar-refractivity contribution in [3.63, 3.8) is 0 Å². The number of para-hydroxylation sites is 2. The minimum atomic E-state index is -0.0744. The van der Waals surface area contributed by atoms with Gasteiger partial charge in [0, 0.05) is 18.5 Å². The van der Waals surface area contributed by atoms with E-state index in [4.69, 9.17) is 26.1 Å². The lowest BCUT2D eigenvalue weighted by molar-refractivity contribution is 0.0730. The Bertz CT molecular complexity index is 1020. The first kappa shape index (κ1) is 17.4. The normalized spacial score (nSPS) is 19.0. The van der Waals surface area contributed by atoms with Gasteiger partial charge in [-0.2, -0.15) is 0 Å². The number of benzene rings is 2. The van der Waals surface area contributed by atoms with E-state index >= 15 is 0 Å². The summed E-state index contributed by atoms with van der Waals surface area (Å²) in [5.74, 6) is 1.81. The molecule has 0 spiro atoms. The van der Waals surface area contributed by atoms with Crippen LogP contribution in [0.3, 0.4) is 0 Å². The molecule has 1 saturated heterocycles. The molecule has 3 heterocycles. The van der Waals surface area contributed by atoms with Crippen molar-refractivity contribution in [3.8, 4) is 11.5 Å². The number of fused-ring (bicyclic) bond motifs is 2. The maximum atomic E-state index is 13.3. The number of imidazole rings is 1. The van der Waals surface area contributed by atoms with Crippen LogP contribution in [0.25, 0.3) is 11.0 Å². The first-order valence-corrected chi connectivity index (χ1v) is 9.93. The second kappa shape index (κ2) is 7.02. The molecule has 5 rings (SSSR count). The molecule has 7 heteroatoms. The molecule has 2 aliphatic rings. The Balaban J connectivity index is 1.47. The number of halogens is 1. The number of hydrogen-bond donors (Lipinski definition) is 1. The van der Waals surface area contributed by atoms with Crippen molar-refractivity contribution in [2.75, 3.05) is 19.8 Å². The predicted octanol–water partition coefficient (Wildman–Crippen LogP) is 4.35. The van der Waals surface area contributed by atoms with Gasteiger partial charge in [-0.1, -0.05) is 23.7 Å². The average Bonchev–Trinajstić information content (AvgIpc) is 3.28. The number of hydrogen-bond acceptors (Lipinski definition) is 4. The number of carbonyl (C=O) groups is 1. The fourth-order valence-corrected chi connectivity index (χ4v) is 4.21. The molecule has 1 aromatic heterocycles. The van der Waals surface area contributed by atoms with Crippen LogP contribution < -0.4 is 9.47 Å². The summed E-state index contributed by atoms with van der Waals surface area (Å²) < 4.78 is 11.4. The number of aromatic amines is 1. The number of ether oxygens (including phenoxy) is 2. The van der Waals surface area contributed by atoms with Crippen LogP contribution >= 0.6 is 11.6 Å². The van der Waals surface area contributed by atoms with Crippen LogP contribution in [0.4, 0.5) is 0 Å². The van der Waals surface area contributed by atoms with Gasteiger partial charge in [0.25, 0.3) is 5.91 Å². The summed E-state index contributed by atoms with van der Waals surface area (Å²) in [5.41, 5.74) is 2.41. The molecule has 0 aliphatic carbocycles. The van der Waals surface area contributed by atoms with E-state index < -0.39 is 0 Å². The predicted molar refractivity (Wildman–Crippen MR) is 106 cm³/mol. The van der Waals surface area contributed by atoms with Crippen molar-refractivity contribution < 1.29 is 14.3 Å². The number of rotatable bonds is 2. The number of carbonyl (C=O) groups excluding carboxylic acids is 1. The third kappa shape index (κ3) is 2.98. The van der Waals surface area contributed by atoms with Gasteiger partial charge in [-0.15, -0.1) is 0 Å². The van der Waals surface area contributed by atoms with E-state index in [9.17, 15) is 4.79 Å². The Hall–Kier alpha value is -2.73. The average molecular weight is 398 g/mol. The largest absolute Gasteiger partial charge is 0.489 e. The molecule has 2 aromatic carbocycles. The Morgan fingerprint density at radius 1 is 1.18 bits per heavy atom. The van der Waals surface area contributed by atoms with E-state index in [1.807, 2.05) is 29.2 Å². The molecule has 1 fully saturated rings. The second-order valence-electron chi connectivity index (χ2n) is 7.13. The highest BCUT2D eigenvalue weighted by molar-refractivity contribution is 6.32. The maximum Gasteiger partial charge on any atom is 0.254 e. The van der Waals surface area contributed by atoms with E-state index in [1.54, 1.807) is 12.1 Å². The van der Waals surface area contributed by atoms with Crippen molar-refractivity contribution >= 4 is 28.5 Å². The zero-order valence-corrected chi connectivity index (χ0v) is 16.0. The maximum absolute atomic E-state index is 13.3. The molecule has 1 amide bonds. The zero-order chi connectivity index (χ0) is 19.1. The van der Waals surface area contributed by atoms with E-state index in [-0.39, 0.29) is 11.9 Å². The topological polar surface area (TPSA) is 67.5 Å². The van der Waals surface area contributed by atoms with Crippen molar-refractivity contribution in [1.29, 1.82) is 0 Å². The summed E-state index contributed by atoms with van der Waals surface area (Å²) in [5, 5.41) is 0.405. The summed E-state index contributed by atoms with van der Waals surface area (Å²) in [7, 11) is 0. The summed E-state index contributed by atoms with van der Waals surface area (Å²) in [6, 6.07) is 11.2. The lowest BCUT2D eigenvalue weighted by atomic mass is 10.1. The molecule has 144 valence electrons. The molecular formula is C21H20ClN3O3. The minimum absolute atomic E-state index is 0.0690. The quantitative estimate of drug-likeness (QED) is 0.697. The van der Waals surface area contributed by atoms with Gasteiger partial charge in [0.1, 0.15) is 5.82 Å². The molecule has 2 aliphatic heterocycles. The van der Waals surface area contributed by atoms with Gasteiger partial charge < -0.3 is 19.4 Å². The van der Waals surface area contributed by atoms with Gasteiger partial charge >= 0.3 is 0 Å². The number of H-pyrrole nitrogens is 1. The van der Waals surface area contributed by atoms with Gasteiger partial charge in [-0.25, -0.2) is 4.98 Å². The number of amides is 1. The highest BCUT2D eigenvalue weighted by Gasteiger charge is 2.33. The lowest BCUT2D eigenvalue weighted by Gasteiger charge is -2.24. The minimum Gasteiger partial charge on any atom is -0.489 e. The van der Waals surface area contributed by atoms with E-state index in [1.165, 1.54) is 0 Å². The molecule has 1 N–H and O–H groups in total. The van der Waals surface area contributed by atoms with E-state index in [2.05, 4.69) is 4.98 Å². The van der Waals surface area contributed by atoms with Crippen LogP contribution in [0.1, 0.15) is 41.5 Å². The second-order valence-corrected chi connectivity index (χ2v) is 7.54. The number of likely N-dealkylation sites (tertiary alicyclic amines) is 1. The van der Waals surface area contributed by atoms with E-state index in [0.717, 1.165) is 36.1 Å². The zero-order valence-electron chi connectivity index (χ0n) is 15.3. The Morgan fingerprint density at radius 3 is 2.93 bits per heavy atom. The smallest absolute Gasteiger partial charge is 0.254 e. The Labute approximate surface area is 167 Å². The third-order valence-electron chi connectivity index (χ3n) is 5.29. The molecule has 0 bridgehead atoms. The van der Waals surface area contributed by atoms with Crippen LogP contribution in [0.2, 0.25) is 5.02 Å². The first-order chi connectivity index (χ1) is 13.7. The van der Waals surface area contributed by atoms with Crippen molar-refractivity contribution in [1.82, 2.24) is 14.9 Å². The van der Waals surface area contributed by atoms with Gasteiger partial charge in [-0.05, 0) is 37.1 Å². The molecule has 3 aromatic rings. The van der Waals surface area contributed by atoms with Crippen LogP contribution in [-0.2, 0) is 0 Å². The molecule has 0 unspecified atom stereocenters. The van der Waals surface area contributed by atoms with Gasteiger partial charge in [0.15, 0.2) is 11.5 Å². The van der Waals surface area contributed by atoms with Crippen molar-refractivity contribution in [2.24, 2.45) is 0 Å². The van der Waals surface area contributed by atoms with Crippen LogP contribution in [0.15, 0.2) is 36.4 Å². The SMILES string of the molecule is O=C(c1cc(Cl)c2c(c1)OCCCO2)N1CCC[C@@H]1c1nc2ccccc2[nH]1. The number of nitrogens with zero attached hydrogens (tertiary/aromatic N) is 2.